The third-order valence-electron chi connectivity index (χ3n) is 3.07. The number of nitrogens with one attached hydrogen (secondary N) is 1. The van der Waals surface area contributed by atoms with Crippen molar-refractivity contribution in [3.8, 4) is 0 Å². The van der Waals surface area contributed by atoms with Gasteiger partial charge in [0.15, 0.2) is 0 Å². The van der Waals surface area contributed by atoms with E-state index in [-0.39, 0.29) is 35.8 Å². The number of thiocarbonyl (C=S) groups is 1. The minimum absolute atomic E-state index is 0.0258. The number of carbonyl (C=O) groups excluding carboxylic acids is 2. The summed E-state index contributed by atoms with van der Waals surface area (Å²) in [6.07, 6.45) is 0.877. The Labute approximate surface area is 132 Å². The first kappa shape index (κ1) is 15.9. The van der Waals surface area contributed by atoms with Gasteiger partial charge in [-0.2, -0.15) is 0 Å². The molecule has 1 aromatic carbocycles. The maximum atomic E-state index is 12.8. The molecule has 0 saturated carbocycles. The molecule has 2 amide bonds. The molecule has 7 heteroatoms. The fourth-order valence-electron chi connectivity index (χ4n) is 1.93. The maximum Gasteiger partial charge on any atom is 0.241 e. The Balaban J connectivity index is 1.85. The minimum Gasteiger partial charge on any atom is -0.326 e. The zero-order valence-corrected chi connectivity index (χ0v) is 13.1. The third-order valence-corrected chi connectivity index (χ3v) is 4.82. The predicted molar refractivity (Wildman–Crippen MR) is 85.6 cm³/mol. The molecule has 1 N–H and O–H groups in total. The van der Waals surface area contributed by atoms with Crippen LogP contribution in [-0.2, 0) is 9.59 Å². The van der Waals surface area contributed by atoms with E-state index in [0.29, 0.717) is 10.0 Å². The van der Waals surface area contributed by atoms with Crippen molar-refractivity contribution in [3.63, 3.8) is 0 Å². The van der Waals surface area contributed by atoms with Crippen LogP contribution >= 0.6 is 24.0 Å². The van der Waals surface area contributed by atoms with Crippen LogP contribution < -0.4 is 5.32 Å². The lowest BCUT2D eigenvalue weighted by molar-refractivity contribution is -0.126. The number of hydrogen-bond donors (Lipinski definition) is 1. The highest BCUT2D eigenvalue weighted by molar-refractivity contribution is 8.24. The Morgan fingerprint density at radius 2 is 2.10 bits per heavy atom. The summed E-state index contributed by atoms with van der Waals surface area (Å²) in [7, 11) is 0. The van der Waals surface area contributed by atoms with E-state index in [0.717, 1.165) is 6.42 Å². The number of anilines is 1. The summed E-state index contributed by atoms with van der Waals surface area (Å²) in [4.78, 5) is 25.3. The Hall–Kier alpha value is -1.47. The average Bonchev–Trinajstić information content (AvgIpc) is 2.74. The molecule has 2 rings (SSSR count). The van der Waals surface area contributed by atoms with Gasteiger partial charge in [0.2, 0.25) is 11.8 Å². The van der Waals surface area contributed by atoms with Crippen molar-refractivity contribution >= 4 is 45.8 Å². The molecule has 1 fully saturated rings. The third kappa shape index (κ3) is 4.01. The zero-order chi connectivity index (χ0) is 15.4. The highest BCUT2D eigenvalue weighted by Gasteiger charge is 2.35. The smallest absolute Gasteiger partial charge is 0.241 e. The van der Waals surface area contributed by atoms with Crippen LogP contribution in [0.15, 0.2) is 24.3 Å². The van der Waals surface area contributed by atoms with E-state index in [4.69, 9.17) is 12.2 Å². The Morgan fingerprint density at radius 3 is 2.67 bits per heavy atom. The molecule has 1 saturated heterocycles. The van der Waals surface area contributed by atoms with Crippen molar-refractivity contribution in [2.75, 3.05) is 11.9 Å². The number of thioether (sulfide) groups is 1. The van der Waals surface area contributed by atoms with Gasteiger partial charge in [-0.25, -0.2) is 4.39 Å². The van der Waals surface area contributed by atoms with E-state index in [9.17, 15) is 14.0 Å². The fraction of sp³-hybridized carbons (Fsp3) is 0.357. The summed E-state index contributed by atoms with van der Waals surface area (Å²) in [6.45, 7) is 2.21. The van der Waals surface area contributed by atoms with Crippen molar-refractivity contribution in [2.24, 2.45) is 0 Å². The summed E-state index contributed by atoms with van der Waals surface area (Å²) in [6, 6.07) is 5.53. The Kier molecular flexibility index (Phi) is 5.30. The molecular formula is C14H15FN2O2S2. The summed E-state index contributed by atoms with van der Waals surface area (Å²) in [5.41, 5.74) is 0.525. The molecule has 0 bridgehead atoms. The number of rotatable bonds is 5. The molecule has 1 heterocycles. The van der Waals surface area contributed by atoms with Crippen molar-refractivity contribution in [3.05, 3.63) is 30.1 Å². The van der Waals surface area contributed by atoms with Crippen LogP contribution in [0.1, 0.15) is 19.8 Å². The largest absolute Gasteiger partial charge is 0.326 e. The van der Waals surface area contributed by atoms with Crippen molar-refractivity contribution < 1.29 is 14.0 Å². The molecule has 112 valence electrons. The topological polar surface area (TPSA) is 49.4 Å². The predicted octanol–water partition coefficient (Wildman–Crippen LogP) is 2.79. The van der Waals surface area contributed by atoms with Gasteiger partial charge in [-0.15, -0.1) is 0 Å². The number of carbonyl (C=O) groups is 2. The number of nitrogens with zero attached hydrogens (tertiary/aromatic N) is 1. The summed E-state index contributed by atoms with van der Waals surface area (Å²) in [5, 5.41) is 2.53. The molecule has 1 unspecified atom stereocenters. The molecule has 1 aliphatic heterocycles. The lowest BCUT2D eigenvalue weighted by Crippen LogP contribution is -2.33. The van der Waals surface area contributed by atoms with Gasteiger partial charge in [-0.3, -0.25) is 14.5 Å². The van der Waals surface area contributed by atoms with Crippen LogP contribution in [0.2, 0.25) is 0 Å². The number of benzene rings is 1. The molecule has 1 aliphatic rings. The first-order valence-electron chi connectivity index (χ1n) is 6.58. The van der Waals surface area contributed by atoms with Gasteiger partial charge < -0.3 is 5.32 Å². The zero-order valence-electron chi connectivity index (χ0n) is 11.5. The lowest BCUT2D eigenvalue weighted by atomic mass is 10.2. The highest BCUT2D eigenvalue weighted by Crippen LogP contribution is 2.29. The minimum atomic E-state index is -0.358. The van der Waals surface area contributed by atoms with E-state index < -0.39 is 0 Å². The Bertz CT molecular complexity index is 563. The normalized spacial score (nSPS) is 18.2. The molecule has 4 nitrogen and oxygen atoms in total. The number of amides is 2. The first-order valence-corrected chi connectivity index (χ1v) is 7.87. The number of hydrogen-bond acceptors (Lipinski definition) is 4. The van der Waals surface area contributed by atoms with E-state index in [1.807, 2.05) is 6.92 Å². The molecule has 1 atom stereocenters. The summed E-state index contributed by atoms with van der Waals surface area (Å²) in [5.74, 6) is -0.618. The van der Waals surface area contributed by atoms with E-state index >= 15 is 0 Å². The van der Waals surface area contributed by atoms with Gasteiger partial charge in [-0.05, 0) is 30.7 Å². The van der Waals surface area contributed by atoms with Crippen LogP contribution in [0.25, 0.3) is 0 Å². The molecule has 0 radical (unpaired) electrons. The summed E-state index contributed by atoms with van der Waals surface area (Å²) >= 11 is 6.53. The summed E-state index contributed by atoms with van der Waals surface area (Å²) < 4.78 is 13.3. The van der Waals surface area contributed by atoms with Gasteiger partial charge in [0.05, 0.1) is 5.25 Å². The second-order valence-electron chi connectivity index (χ2n) is 4.58. The Morgan fingerprint density at radius 1 is 1.43 bits per heavy atom. The van der Waals surface area contributed by atoms with Crippen LogP contribution in [0, 0.1) is 5.82 Å². The second kappa shape index (κ2) is 7.00. The van der Waals surface area contributed by atoms with Crippen molar-refractivity contribution in [1.82, 2.24) is 4.90 Å². The average molecular weight is 326 g/mol. The van der Waals surface area contributed by atoms with Gasteiger partial charge >= 0.3 is 0 Å². The second-order valence-corrected chi connectivity index (χ2v) is 6.41. The van der Waals surface area contributed by atoms with Gasteiger partial charge in [0.25, 0.3) is 0 Å². The monoisotopic (exact) mass is 326 g/mol. The molecule has 0 spiro atoms. The van der Waals surface area contributed by atoms with Crippen molar-refractivity contribution in [1.29, 1.82) is 0 Å². The molecule has 21 heavy (non-hydrogen) atoms. The van der Waals surface area contributed by atoms with Gasteiger partial charge in [-0.1, -0.05) is 30.9 Å². The van der Waals surface area contributed by atoms with E-state index in [1.165, 1.54) is 40.9 Å². The molecule has 0 aliphatic carbocycles. The van der Waals surface area contributed by atoms with Gasteiger partial charge in [0, 0.05) is 18.7 Å². The highest BCUT2D eigenvalue weighted by atomic mass is 32.2. The van der Waals surface area contributed by atoms with Crippen LogP contribution in [0.4, 0.5) is 10.1 Å². The van der Waals surface area contributed by atoms with Crippen LogP contribution in [0.3, 0.4) is 0 Å². The molecule has 0 aromatic heterocycles. The van der Waals surface area contributed by atoms with Crippen LogP contribution in [0.5, 0.6) is 0 Å². The van der Waals surface area contributed by atoms with E-state index in [2.05, 4.69) is 5.32 Å². The SMILES string of the molecule is CCC1SC(=S)N(CCC(=O)Nc2ccc(F)cc2)C1=O. The lowest BCUT2D eigenvalue weighted by Gasteiger charge is -2.15. The molecular weight excluding hydrogens is 311 g/mol. The quantitative estimate of drug-likeness (QED) is 0.845. The van der Waals surface area contributed by atoms with Crippen molar-refractivity contribution in [2.45, 2.75) is 25.0 Å². The van der Waals surface area contributed by atoms with E-state index in [1.54, 1.807) is 0 Å². The number of halogens is 1. The standard InChI is InChI=1S/C14H15FN2O2S2/c1-2-11-13(19)17(14(20)21-11)8-7-12(18)16-10-5-3-9(15)4-6-10/h3-6,11H,2,7-8H2,1H3,(H,16,18). The molecule has 1 aromatic rings. The van der Waals surface area contributed by atoms with Gasteiger partial charge in [0.1, 0.15) is 10.1 Å². The maximum absolute atomic E-state index is 12.8. The fourth-order valence-corrected chi connectivity index (χ4v) is 3.41. The first-order chi connectivity index (χ1) is 10.0. The van der Waals surface area contributed by atoms with Crippen LogP contribution in [-0.4, -0.2) is 32.8 Å².